The minimum absolute atomic E-state index is 0. The fraction of sp³-hybridized carbons (Fsp3) is 0.312. The number of hydrogen-bond acceptors (Lipinski definition) is 5. The molecule has 5 nitrogen and oxygen atoms in total. The van der Waals surface area contributed by atoms with Gasteiger partial charge in [-0.3, -0.25) is 9.78 Å². The van der Waals surface area contributed by atoms with Gasteiger partial charge in [-0.1, -0.05) is 11.6 Å². The first-order chi connectivity index (χ1) is 9.21. The molecule has 0 atom stereocenters. The van der Waals surface area contributed by atoms with Crippen molar-refractivity contribution in [3.63, 3.8) is 0 Å². The number of Topliss-reactive ketones (excluding diaryl/α,β-unsaturated/α-hetero) is 2. The third kappa shape index (κ3) is 14.8. The van der Waals surface area contributed by atoms with Crippen molar-refractivity contribution >= 4 is 29.6 Å². The first kappa shape index (κ1) is 30.4. The van der Waals surface area contributed by atoms with Crippen LogP contribution in [0.3, 0.4) is 0 Å². The summed E-state index contributed by atoms with van der Waals surface area (Å²) in [4.78, 5) is 35.4. The Morgan fingerprint density at radius 3 is 2.04 bits per heavy atom. The van der Waals surface area contributed by atoms with Crippen LogP contribution in [-0.2, 0) is 14.3 Å². The second kappa shape index (κ2) is 15.0. The standard InChI is InChI=1S/C9H7ClNO2.C5H10O2.2CH3.Sm/c1-2-8(12)9(13)7-4-3-6(10)5-11-7;1-5(2,3)7-4-6;;;/h2-5H,1H3;4H,1-3H3;2*1H3;/q-1;;2*-1;+3. The van der Waals surface area contributed by atoms with Gasteiger partial charge >= 0.3 is 40.4 Å². The number of pyridine rings is 1. The molecule has 0 aliphatic rings. The van der Waals surface area contributed by atoms with Crippen molar-refractivity contribution in [2.75, 3.05) is 0 Å². The number of halogens is 1. The summed E-state index contributed by atoms with van der Waals surface area (Å²) in [6, 6.07) is 2.94. The molecule has 1 rings (SSSR count). The maximum atomic E-state index is 11.2. The van der Waals surface area contributed by atoms with Crippen LogP contribution in [0.2, 0.25) is 5.02 Å². The monoisotopic (exact) mass is 480 g/mol. The molecule has 7 heteroatoms. The summed E-state index contributed by atoms with van der Waals surface area (Å²) in [7, 11) is 0. The fourth-order valence-corrected chi connectivity index (χ4v) is 1.02. The number of aromatic nitrogens is 1. The molecule has 0 bridgehead atoms. The summed E-state index contributed by atoms with van der Waals surface area (Å²) in [6.45, 7) is 7.43. The molecule has 0 aromatic carbocycles. The molecular formula is C16H23ClNO4Sm. The third-order valence-corrected chi connectivity index (χ3v) is 2.07. The zero-order chi connectivity index (χ0) is 15.8. The van der Waals surface area contributed by atoms with E-state index in [1.165, 1.54) is 31.7 Å². The predicted molar refractivity (Wildman–Crippen MR) is 88.3 cm³/mol. The summed E-state index contributed by atoms with van der Waals surface area (Å²) in [5.74, 6) is -1.17. The molecule has 0 spiro atoms. The molecule has 0 unspecified atom stereocenters. The van der Waals surface area contributed by atoms with Gasteiger partial charge in [0.25, 0.3) is 6.47 Å². The number of ketones is 2. The number of ether oxygens (including phenoxy) is 1. The number of hydrogen-bond donors (Lipinski definition) is 0. The summed E-state index contributed by atoms with van der Waals surface area (Å²) in [5.41, 5.74) is -0.200. The topological polar surface area (TPSA) is 73.3 Å². The van der Waals surface area contributed by atoms with Crippen LogP contribution in [0.5, 0.6) is 0 Å². The van der Waals surface area contributed by atoms with E-state index in [2.05, 4.69) is 9.72 Å². The molecule has 0 saturated heterocycles. The van der Waals surface area contributed by atoms with E-state index in [0.29, 0.717) is 11.5 Å². The number of carbonyl (C=O) groups is 3. The van der Waals surface area contributed by atoms with Crippen molar-refractivity contribution in [3.8, 4) is 0 Å². The molecule has 129 valence electrons. The summed E-state index contributed by atoms with van der Waals surface area (Å²) in [5, 5.41) is 0.435. The number of rotatable bonds is 4. The molecule has 23 heavy (non-hydrogen) atoms. The molecule has 0 fully saturated rings. The SMILES string of the molecule is CC(C)(C)OC=O.C[CH-]C(=O)C(=O)c1ccc(Cl)cn1.[CH3-].[CH3-].[Sm+3]. The van der Waals surface area contributed by atoms with Gasteiger partial charge in [0.15, 0.2) is 0 Å². The largest absolute Gasteiger partial charge is 3.00 e. The molecule has 1 radical (unpaired) electrons. The molecule has 0 N–H and O–H groups in total. The summed E-state index contributed by atoms with van der Waals surface area (Å²) in [6.07, 6.45) is 2.54. The molecular weight excluding hydrogens is 456 g/mol. The Morgan fingerprint density at radius 1 is 1.26 bits per heavy atom. The maximum Gasteiger partial charge on any atom is 3.00 e. The van der Waals surface area contributed by atoms with E-state index in [1.54, 1.807) is 0 Å². The molecule has 0 saturated carbocycles. The number of carbonyl (C=O) groups excluding carboxylic acids is 3. The Hall–Kier alpha value is -0.542. The van der Waals surface area contributed by atoms with Gasteiger partial charge in [-0.15, -0.1) is 6.92 Å². The van der Waals surface area contributed by atoms with E-state index in [1.807, 2.05) is 20.8 Å². The Bertz CT molecular complexity index is 470. The first-order valence-electron chi connectivity index (χ1n) is 5.82. The predicted octanol–water partition coefficient (Wildman–Crippen LogP) is 3.57. The Morgan fingerprint density at radius 2 is 1.78 bits per heavy atom. The zero-order valence-corrected chi connectivity index (χ0v) is 17.6. The van der Waals surface area contributed by atoms with E-state index in [0.717, 1.165) is 0 Å². The van der Waals surface area contributed by atoms with E-state index in [-0.39, 0.29) is 66.5 Å². The fourth-order valence-electron chi connectivity index (χ4n) is 0.912. The van der Waals surface area contributed by atoms with Crippen molar-refractivity contribution in [1.29, 1.82) is 0 Å². The molecule has 1 aromatic rings. The second-order valence-electron chi connectivity index (χ2n) is 4.67. The Balaban J connectivity index is -0.000000159. The van der Waals surface area contributed by atoms with Gasteiger partial charge in [0.2, 0.25) is 0 Å². The van der Waals surface area contributed by atoms with Crippen molar-refractivity contribution in [3.05, 3.63) is 50.3 Å². The quantitative estimate of drug-likeness (QED) is 0.286. The smallest absolute Gasteiger partial charge is 0.462 e. The van der Waals surface area contributed by atoms with E-state index < -0.39 is 11.6 Å². The minimum atomic E-state index is -0.612. The molecule has 0 aliphatic carbocycles. The van der Waals surface area contributed by atoms with Crippen LogP contribution in [-0.4, -0.2) is 28.6 Å². The van der Waals surface area contributed by atoms with Crippen LogP contribution < -0.4 is 0 Å². The molecule has 0 amide bonds. The Labute approximate surface area is 176 Å². The average molecular weight is 479 g/mol. The summed E-state index contributed by atoms with van der Waals surface area (Å²) < 4.78 is 4.55. The molecule has 1 heterocycles. The van der Waals surface area contributed by atoms with Crippen LogP contribution in [0.15, 0.2) is 18.3 Å². The third-order valence-electron chi connectivity index (χ3n) is 1.85. The molecule has 1 aromatic heterocycles. The van der Waals surface area contributed by atoms with Crippen molar-refractivity contribution in [1.82, 2.24) is 4.98 Å². The van der Waals surface area contributed by atoms with E-state index in [4.69, 9.17) is 11.6 Å². The van der Waals surface area contributed by atoms with Crippen LogP contribution >= 0.6 is 11.6 Å². The van der Waals surface area contributed by atoms with Gasteiger partial charge in [-0.05, 0) is 32.9 Å². The van der Waals surface area contributed by atoms with E-state index >= 15 is 0 Å². The van der Waals surface area contributed by atoms with Gasteiger partial charge in [-0.2, -0.15) is 6.42 Å². The second-order valence-corrected chi connectivity index (χ2v) is 5.11. The van der Waals surface area contributed by atoms with E-state index in [9.17, 15) is 14.4 Å². The zero-order valence-electron chi connectivity index (χ0n) is 14.3. The number of nitrogens with zero attached hydrogens (tertiary/aromatic N) is 1. The van der Waals surface area contributed by atoms with Crippen molar-refractivity contribution in [2.24, 2.45) is 0 Å². The Kier molecular flexibility index (Phi) is 19.8. The minimum Gasteiger partial charge on any atom is -0.462 e. The van der Waals surface area contributed by atoms with Gasteiger partial charge in [0.05, 0.1) is 16.6 Å². The van der Waals surface area contributed by atoms with Gasteiger partial charge in [0, 0.05) is 11.9 Å². The van der Waals surface area contributed by atoms with Crippen LogP contribution in [0.25, 0.3) is 0 Å². The van der Waals surface area contributed by atoms with Crippen molar-refractivity contribution < 1.29 is 59.5 Å². The van der Waals surface area contributed by atoms with Crippen LogP contribution in [0.4, 0.5) is 0 Å². The van der Waals surface area contributed by atoms with Crippen molar-refractivity contribution in [2.45, 2.75) is 33.3 Å². The van der Waals surface area contributed by atoms with Crippen LogP contribution in [0.1, 0.15) is 38.2 Å². The van der Waals surface area contributed by atoms with Gasteiger partial charge in [-0.25, -0.2) is 0 Å². The van der Waals surface area contributed by atoms with Gasteiger partial charge < -0.3 is 29.2 Å². The average Bonchev–Trinajstić information content (AvgIpc) is 2.37. The normalized spacial score (nSPS) is 8.57. The molecule has 0 aliphatic heterocycles. The first-order valence-corrected chi connectivity index (χ1v) is 6.20. The summed E-state index contributed by atoms with van der Waals surface area (Å²) >= 11 is 5.56. The van der Waals surface area contributed by atoms with Gasteiger partial charge in [0.1, 0.15) is 5.60 Å². The van der Waals surface area contributed by atoms with Crippen LogP contribution in [0, 0.1) is 61.7 Å². The maximum absolute atomic E-state index is 11.2.